The lowest BCUT2D eigenvalue weighted by atomic mass is 10.1. The number of nitrogens with zero attached hydrogens (tertiary/aromatic N) is 1. The second-order valence-electron chi connectivity index (χ2n) is 4.96. The van der Waals surface area contributed by atoms with Gasteiger partial charge in [0, 0.05) is 6.04 Å². The molecule has 0 heterocycles. The van der Waals surface area contributed by atoms with Crippen LogP contribution in [0.2, 0.25) is 0 Å². The van der Waals surface area contributed by atoms with Gasteiger partial charge in [0.15, 0.2) is 0 Å². The molecule has 0 bridgehead atoms. The van der Waals surface area contributed by atoms with E-state index in [1.165, 1.54) is 12.0 Å². The van der Waals surface area contributed by atoms with E-state index in [9.17, 15) is 18.3 Å². The first kappa shape index (κ1) is 15.1. The molecule has 112 valence electrons. The summed E-state index contributed by atoms with van der Waals surface area (Å²) in [7, 11) is 1.52. The van der Waals surface area contributed by atoms with Crippen LogP contribution in [-0.4, -0.2) is 42.4 Å². The number of halogens is 3. The number of fused-ring (bicyclic) bond motifs is 1. The molecule has 0 aliphatic heterocycles. The fourth-order valence-corrected chi connectivity index (χ4v) is 2.73. The number of ether oxygens (including phenoxy) is 1. The van der Waals surface area contributed by atoms with E-state index >= 15 is 0 Å². The smallest absolute Gasteiger partial charge is 0.401 e. The maximum Gasteiger partial charge on any atom is 0.401 e. The minimum Gasteiger partial charge on any atom is -0.497 e. The number of likely N-dealkylation sites (N-methyl/N-ethyl adjacent to an activating group) is 1. The highest BCUT2D eigenvalue weighted by Gasteiger charge is 2.39. The number of aliphatic hydroxyl groups is 1. The highest BCUT2D eigenvalue weighted by Crippen LogP contribution is 2.37. The highest BCUT2D eigenvalue weighted by atomic mass is 19.4. The van der Waals surface area contributed by atoms with Crippen molar-refractivity contribution >= 4 is 0 Å². The zero-order chi connectivity index (χ0) is 14.9. The molecule has 0 saturated carbocycles. The Morgan fingerprint density at radius 3 is 2.65 bits per heavy atom. The summed E-state index contributed by atoms with van der Waals surface area (Å²) in [5.74, 6) is 0.599. The number of aliphatic hydroxyl groups excluding tert-OH is 1. The van der Waals surface area contributed by atoms with Crippen molar-refractivity contribution < 1.29 is 23.0 Å². The van der Waals surface area contributed by atoms with E-state index in [2.05, 4.69) is 0 Å². The van der Waals surface area contributed by atoms with Gasteiger partial charge in [-0.15, -0.1) is 0 Å². The molecule has 2 atom stereocenters. The lowest BCUT2D eigenvalue weighted by Gasteiger charge is -2.30. The summed E-state index contributed by atoms with van der Waals surface area (Å²) in [6, 6.07) is 4.72. The molecule has 0 radical (unpaired) electrons. The first-order chi connectivity index (χ1) is 9.35. The molecule has 2 rings (SSSR count). The lowest BCUT2D eigenvalue weighted by molar-refractivity contribution is -0.154. The van der Waals surface area contributed by atoms with E-state index in [0.717, 1.165) is 5.56 Å². The minimum absolute atomic E-state index is 0.242. The Labute approximate surface area is 116 Å². The largest absolute Gasteiger partial charge is 0.497 e. The van der Waals surface area contributed by atoms with Crippen LogP contribution in [0.4, 0.5) is 13.2 Å². The molecule has 20 heavy (non-hydrogen) atoms. The van der Waals surface area contributed by atoms with Crippen molar-refractivity contribution in [2.75, 3.05) is 20.2 Å². The van der Waals surface area contributed by atoms with Crippen LogP contribution in [0.15, 0.2) is 18.2 Å². The number of methoxy groups -OCH3 is 1. The molecule has 1 aliphatic carbocycles. The summed E-state index contributed by atoms with van der Waals surface area (Å²) in [5, 5.41) is 10.3. The van der Waals surface area contributed by atoms with Gasteiger partial charge in [-0.25, -0.2) is 0 Å². The molecule has 0 amide bonds. The number of benzene rings is 1. The molecule has 6 heteroatoms. The topological polar surface area (TPSA) is 32.7 Å². The van der Waals surface area contributed by atoms with Crippen LogP contribution in [-0.2, 0) is 6.42 Å². The summed E-state index contributed by atoms with van der Waals surface area (Å²) in [4.78, 5) is 1.27. The molecule has 0 aromatic heterocycles. The SMILES string of the molecule is CCN(CC(F)(F)F)C1Cc2ccc(OC)cc2C1O. The van der Waals surface area contributed by atoms with Crippen LogP contribution in [0.25, 0.3) is 0 Å². The predicted molar refractivity (Wildman–Crippen MR) is 68.7 cm³/mol. The molecule has 1 aliphatic rings. The fourth-order valence-electron chi connectivity index (χ4n) is 2.73. The Hall–Kier alpha value is -1.27. The molecule has 1 aromatic rings. The first-order valence-electron chi connectivity index (χ1n) is 6.51. The van der Waals surface area contributed by atoms with Crippen LogP contribution < -0.4 is 4.74 Å². The molecule has 0 saturated heterocycles. The Kier molecular flexibility index (Phi) is 4.25. The summed E-state index contributed by atoms with van der Waals surface area (Å²) >= 11 is 0. The number of hydrogen-bond donors (Lipinski definition) is 1. The molecule has 0 spiro atoms. The first-order valence-corrected chi connectivity index (χ1v) is 6.51. The average molecular weight is 289 g/mol. The molecule has 1 aromatic carbocycles. The van der Waals surface area contributed by atoms with Gasteiger partial charge >= 0.3 is 6.18 Å². The predicted octanol–water partition coefficient (Wildman–Crippen LogP) is 2.54. The maximum absolute atomic E-state index is 12.6. The normalized spacial score (nSPS) is 22.1. The van der Waals surface area contributed by atoms with Gasteiger partial charge < -0.3 is 9.84 Å². The fraction of sp³-hybridized carbons (Fsp3) is 0.571. The van der Waals surface area contributed by atoms with Crippen molar-refractivity contribution in [1.29, 1.82) is 0 Å². The molecule has 2 unspecified atom stereocenters. The van der Waals surface area contributed by atoms with E-state index in [-0.39, 0.29) is 6.54 Å². The third-order valence-electron chi connectivity index (χ3n) is 3.72. The van der Waals surface area contributed by atoms with E-state index in [1.54, 1.807) is 25.1 Å². The van der Waals surface area contributed by atoms with Crippen LogP contribution >= 0.6 is 0 Å². The molecular weight excluding hydrogens is 271 g/mol. The van der Waals surface area contributed by atoms with Gasteiger partial charge in [0.2, 0.25) is 0 Å². The Morgan fingerprint density at radius 1 is 1.40 bits per heavy atom. The minimum atomic E-state index is -4.26. The van der Waals surface area contributed by atoms with Gasteiger partial charge in [-0.3, -0.25) is 4.90 Å². The zero-order valence-electron chi connectivity index (χ0n) is 11.4. The molecular formula is C14H18F3NO2. The average Bonchev–Trinajstić information content (AvgIpc) is 2.72. The van der Waals surface area contributed by atoms with E-state index < -0.39 is 24.9 Å². The van der Waals surface area contributed by atoms with Gasteiger partial charge in [0.1, 0.15) is 5.75 Å². The van der Waals surface area contributed by atoms with Crippen LogP contribution in [0.5, 0.6) is 5.75 Å². The van der Waals surface area contributed by atoms with Gasteiger partial charge in [0.25, 0.3) is 0 Å². The number of alkyl halides is 3. The Morgan fingerprint density at radius 2 is 2.10 bits per heavy atom. The van der Waals surface area contributed by atoms with Crippen molar-refractivity contribution in [2.45, 2.75) is 31.7 Å². The number of hydrogen-bond acceptors (Lipinski definition) is 3. The third-order valence-corrected chi connectivity index (χ3v) is 3.72. The van der Waals surface area contributed by atoms with Crippen molar-refractivity contribution in [2.24, 2.45) is 0 Å². The van der Waals surface area contributed by atoms with E-state index in [0.29, 0.717) is 17.7 Å². The summed E-state index contributed by atoms with van der Waals surface area (Å²) in [5.41, 5.74) is 1.54. The van der Waals surface area contributed by atoms with E-state index in [1.807, 2.05) is 0 Å². The summed E-state index contributed by atoms with van der Waals surface area (Å²) in [6.45, 7) is 0.907. The summed E-state index contributed by atoms with van der Waals surface area (Å²) < 4.78 is 42.8. The highest BCUT2D eigenvalue weighted by molar-refractivity contribution is 5.41. The van der Waals surface area contributed by atoms with Crippen molar-refractivity contribution in [3.05, 3.63) is 29.3 Å². The molecule has 0 fully saturated rings. The monoisotopic (exact) mass is 289 g/mol. The lowest BCUT2D eigenvalue weighted by Crippen LogP contribution is -2.43. The third kappa shape index (κ3) is 3.07. The van der Waals surface area contributed by atoms with Gasteiger partial charge in [-0.2, -0.15) is 13.2 Å². The standard InChI is InChI=1S/C14H18F3NO2/c1-3-18(8-14(15,16)17)12-6-9-4-5-10(20-2)7-11(9)13(12)19/h4-5,7,12-13,19H,3,6,8H2,1-2H3. The van der Waals surface area contributed by atoms with E-state index in [4.69, 9.17) is 4.74 Å². The van der Waals surface area contributed by atoms with Gasteiger partial charge in [0.05, 0.1) is 19.8 Å². The maximum atomic E-state index is 12.6. The van der Waals surface area contributed by atoms with Crippen LogP contribution in [0.3, 0.4) is 0 Å². The van der Waals surface area contributed by atoms with Crippen LogP contribution in [0, 0.1) is 0 Å². The van der Waals surface area contributed by atoms with Crippen molar-refractivity contribution in [1.82, 2.24) is 4.90 Å². The Balaban J connectivity index is 2.20. The Bertz CT molecular complexity index is 476. The second-order valence-corrected chi connectivity index (χ2v) is 4.96. The van der Waals surface area contributed by atoms with Gasteiger partial charge in [-0.05, 0) is 36.2 Å². The number of rotatable bonds is 4. The quantitative estimate of drug-likeness (QED) is 0.924. The molecule has 3 nitrogen and oxygen atoms in total. The summed E-state index contributed by atoms with van der Waals surface area (Å²) in [6.07, 6.45) is -4.76. The second kappa shape index (κ2) is 5.61. The zero-order valence-corrected chi connectivity index (χ0v) is 11.4. The van der Waals surface area contributed by atoms with Crippen LogP contribution in [0.1, 0.15) is 24.2 Å². The van der Waals surface area contributed by atoms with Crippen molar-refractivity contribution in [3.63, 3.8) is 0 Å². The van der Waals surface area contributed by atoms with Crippen molar-refractivity contribution in [3.8, 4) is 5.75 Å². The molecule has 1 N–H and O–H groups in total. The van der Waals surface area contributed by atoms with Gasteiger partial charge in [-0.1, -0.05) is 13.0 Å².